The molecule has 0 amide bonds. The van der Waals surface area contributed by atoms with Crippen LogP contribution >= 0.6 is 0 Å². The first kappa shape index (κ1) is 28.6. The fourth-order valence-corrected chi connectivity index (χ4v) is 5.83. The van der Waals surface area contributed by atoms with Gasteiger partial charge in [-0.3, -0.25) is 9.97 Å². The molecule has 0 bridgehead atoms. The van der Waals surface area contributed by atoms with Gasteiger partial charge in [0.15, 0.2) is 5.36 Å². The maximum Gasteiger partial charge on any atom is 0.433 e. The fraction of sp³-hybridized carbons (Fsp3) is 0.0588. The van der Waals surface area contributed by atoms with Gasteiger partial charge in [0, 0.05) is 45.1 Å². The summed E-state index contributed by atoms with van der Waals surface area (Å²) in [5.74, 6) is 0. The molecule has 0 fully saturated rings. The summed E-state index contributed by atoms with van der Waals surface area (Å²) in [5, 5.41) is 19.8. The Bertz CT molecular complexity index is 2380. The highest BCUT2D eigenvalue weighted by atomic mass is 19.4. The van der Waals surface area contributed by atoms with Gasteiger partial charge in [-0.1, -0.05) is 36.4 Å². The summed E-state index contributed by atoms with van der Waals surface area (Å²) >= 11 is 0. The first-order valence-electron chi connectivity index (χ1n) is 13.4. The minimum Gasteiger partial charge on any atom is -0.251 e. The monoisotopic (exact) mass is 620 g/mol. The minimum atomic E-state index is -4.57. The average molecular weight is 621 g/mol. The van der Waals surface area contributed by atoms with Crippen LogP contribution in [0.1, 0.15) is 11.4 Å². The molecule has 5 aromatic carbocycles. The summed E-state index contributed by atoms with van der Waals surface area (Å²) in [6, 6.07) is 18.7. The lowest BCUT2D eigenvalue weighted by Crippen LogP contribution is -2.07. The first-order chi connectivity index (χ1) is 22.0. The van der Waals surface area contributed by atoms with Crippen LogP contribution in [-0.4, -0.2) is 9.97 Å². The second-order valence-electron chi connectivity index (χ2n) is 10.4. The van der Waals surface area contributed by atoms with E-state index in [9.17, 15) is 31.6 Å². The molecule has 6 nitrogen and oxygen atoms in total. The molecule has 0 atom stereocenters. The third-order valence-corrected chi connectivity index (χ3v) is 7.88. The molecule has 0 aliphatic heterocycles. The van der Waals surface area contributed by atoms with E-state index in [1.807, 2.05) is 18.3 Å². The van der Waals surface area contributed by atoms with Crippen LogP contribution in [0.2, 0.25) is 0 Å². The summed E-state index contributed by atoms with van der Waals surface area (Å²) in [6.07, 6.45) is -5.01. The summed E-state index contributed by atoms with van der Waals surface area (Å²) < 4.78 is 78.2. The Morgan fingerprint density at radius 3 is 1.41 bits per heavy atom. The van der Waals surface area contributed by atoms with Crippen LogP contribution in [0.4, 0.5) is 26.3 Å². The van der Waals surface area contributed by atoms with E-state index in [0.29, 0.717) is 54.5 Å². The third kappa shape index (κ3) is 4.59. The van der Waals surface area contributed by atoms with E-state index in [-0.39, 0.29) is 0 Å². The van der Waals surface area contributed by atoms with Crippen LogP contribution in [0.3, 0.4) is 0 Å². The standard InChI is InChI=1S/C34H14F6N6/c1-42-46-32-26-11-18(20-5-9-30(44-15-20)34(38,39)40)3-7-22(26)24-12-27-23(13-28(24)32)21-6-2-17(10-25(21)31(27)45-16-41)19-4-8-29(43-14-19)33(35,36)37/h2-15H/b45-31?,46-32-. The highest BCUT2D eigenvalue weighted by Crippen LogP contribution is 2.36. The molecule has 0 saturated heterocycles. The second kappa shape index (κ2) is 10.2. The quantitative estimate of drug-likeness (QED) is 0.0842. The van der Waals surface area contributed by atoms with Crippen LogP contribution in [0.5, 0.6) is 0 Å². The van der Waals surface area contributed by atoms with Gasteiger partial charge in [0.25, 0.3) is 0 Å². The zero-order chi connectivity index (χ0) is 32.4. The zero-order valence-electron chi connectivity index (χ0n) is 23.0. The van der Waals surface area contributed by atoms with E-state index in [1.165, 1.54) is 12.1 Å². The molecule has 0 aliphatic carbocycles. The number of hydrogen-bond acceptors (Lipinski definition) is 5. The number of pyridine rings is 2. The van der Waals surface area contributed by atoms with Crippen molar-refractivity contribution in [2.45, 2.75) is 12.4 Å². The van der Waals surface area contributed by atoms with E-state index in [1.54, 1.807) is 36.4 Å². The van der Waals surface area contributed by atoms with Crippen molar-refractivity contribution in [1.82, 2.24) is 9.97 Å². The molecule has 12 heteroatoms. The van der Waals surface area contributed by atoms with Crippen molar-refractivity contribution in [2.24, 2.45) is 10.1 Å². The molecule has 0 N–H and O–H groups in total. The van der Waals surface area contributed by atoms with Crippen molar-refractivity contribution < 1.29 is 26.3 Å². The Morgan fingerprint density at radius 1 is 0.565 bits per heavy atom. The SMILES string of the molecule is [C-]#[N+]/N=c1/c2cc(-c3ccc(C(F)(F)F)nc3)ccc2c2cc3c(=NC#N)c4cc(-c5ccc(C(F)(F)F)nc5)ccc4c3cc12. The Balaban J connectivity index is 1.44. The van der Waals surface area contributed by atoms with Crippen molar-refractivity contribution in [1.29, 1.82) is 5.26 Å². The molecule has 0 saturated carbocycles. The number of fused-ring (bicyclic) bond motifs is 6. The number of halogens is 6. The first-order valence-corrected chi connectivity index (χ1v) is 13.4. The van der Waals surface area contributed by atoms with Crippen molar-refractivity contribution in [3.8, 4) is 28.4 Å². The molecule has 0 spiro atoms. The summed E-state index contributed by atoms with van der Waals surface area (Å²) in [4.78, 5) is 14.5. The summed E-state index contributed by atoms with van der Waals surface area (Å²) in [7, 11) is 0. The van der Waals surface area contributed by atoms with Gasteiger partial charge in [0.1, 0.15) is 11.4 Å². The number of nitrogens with zero attached hydrogens (tertiary/aromatic N) is 6. The number of nitriles is 1. The average Bonchev–Trinajstić information content (AvgIpc) is 3.50. The number of benzene rings is 3. The zero-order valence-corrected chi connectivity index (χ0v) is 23.0. The Morgan fingerprint density at radius 2 is 1.00 bits per heavy atom. The number of rotatable bonds is 2. The van der Waals surface area contributed by atoms with Crippen molar-refractivity contribution >= 4 is 43.1 Å². The predicted molar refractivity (Wildman–Crippen MR) is 159 cm³/mol. The molecule has 222 valence electrons. The molecular weight excluding hydrogens is 606 g/mol. The van der Waals surface area contributed by atoms with E-state index >= 15 is 0 Å². The molecule has 0 radical (unpaired) electrons. The maximum atomic E-state index is 13.0. The van der Waals surface area contributed by atoms with E-state index in [0.717, 1.165) is 46.1 Å². The van der Waals surface area contributed by atoms with Gasteiger partial charge in [-0.25, -0.2) is 0 Å². The normalized spacial score (nSPS) is 13.2. The van der Waals surface area contributed by atoms with Gasteiger partial charge in [-0.05, 0) is 69.1 Å². The van der Waals surface area contributed by atoms with E-state index in [4.69, 9.17) is 6.57 Å². The van der Waals surface area contributed by atoms with Gasteiger partial charge in [0.05, 0.1) is 10.5 Å². The molecule has 0 unspecified atom stereocenters. The molecule has 0 aliphatic rings. The molecule has 46 heavy (non-hydrogen) atoms. The van der Waals surface area contributed by atoms with Gasteiger partial charge < -0.3 is 0 Å². The van der Waals surface area contributed by atoms with E-state index in [2.05, 4.69) is 25.0 Å². The highest BCUT2D eigenvalue weighted by Gasteiger charge is 2.33. The predicted octanol–water partition coefficient (Wildman–Crippen LogP) is 8.45. The van der Waals surface area contributed by atoms with Crippen molar-refractivity contribution in [2.75, 3.05) is 0 Å². The molecule has 7 rings (SSSR count). The van der Waals surface area contributed by atoms with Crippen molar-refractivity contribution in [3.63, 3.8) is 0 Å². The third-order valence-electron chi connectivity index (χ3n) is 7.88. The van der Waals surface area contributed by atoms with Crippen LogP contribution in [0.25, 0.3) is 70.3 Å². The van der Waals surface area contributed by atoms with Crippen LogP contribution < -0.4 is 10.7 Å². The van der Waals surface area contributed by atoms with Gasteiger partial charge in [0.2, 0.25) is 6.19 Å². The molecule has 2 aromatic heterocycles. The van der Waals surface area contributed by atoms with Gasteiger partial charge >= 0.3 is 12.4 Å². The lowest BCUT2D eigenvalue weighted by atomic mass is 10.0. The second-order valence-corrected chi connectivity index (χ2v) is 10.4. The number of hydrogen-bond donors (Lipinski definition) is 0. The smallest absolute Gasteiger partial charge is 0.251 e. The largest absolute Gasteiger partial charge is 0.433 e. The highest BCUT2D eigenvalue weighted by molar-refractivity contribution is 6.21. The fourth-order valence-electron chi connectivity index (χ4n) is 5.83. The lowest BCUT2D eigenvalue weighted by molar-refractivity contribution is -0.141. The maximum absolute atomic E-state index is 13.0. The van der Waals surface area contributed by atoms with Crippen LogP contribution in [-0.2, 0) is 12.4 Å². The van der Waals surface area contributed by atoms with Crippen LogP contribution in [0.15, 0.2) is 95.3 Å². The topological polar surface area (TPSA) is 78.6 Å². The van der Waals surface area contributed by atoms with E-state index < -0.39 is 23.7 Å². The number of aromatic nitrogens is 2. The number of alkyl halides is 6. The molecular formula is C34H14F6N6. The molecule has 2 heterocycles. The summed E-state index contributed by atoms with van der Waals surface area (Å²) in [6.45, 7) is 7.46. The Kier molecular flexibility index (Phi) is 6.35. The minimum absolute atomic E-state index is 0.376. The Labute approximate surface area is 254 Å². The molecule has 7 aromatic rings. The summed E-state index contributed by atoms with van der Waals surface area (Å²) in [5.41, 5.74) is 0.0503. The lowest BCUT2D eigenvalue weighted by Gasteiger charge is -2.07. The Hall–Kier alpha value is -6.14. The van der Waals surface area contributed by atoms with Crippen LogP contribution in [0, 0.1) is 18.0 Å². The van der Waals surface area contributed by atoms with Gasteiger partial charge in [-0.2, -0.15) is 43.2 Å². The van der Waals surface area contributed by atoms with Crippen molar-refractivity contribution in [3.05, 3.63) is 119 Å². The van der Waals surface area contributed by atoms with Gasteiger partial charge in [-0.15, -0.1) is 4.95 Å².